The van der Waals surface area contributed by atoms with Crippen molar-refractivity contribution in [1.29, 1.82) is 0 Å². The largest absolute Gasteiger partial charge is 0.315 e. The second kappa shape index (κ2) is 6.36. The van der Waals surface area contributed by atoms with Gasteiger partial charge in [0.1, 0.15) is 0 Å². The van der Waals surface area contributed by atoms with Crippen molar-refractivity contribution >= 4 is 6.29 Å². The van der Waals surface area contributed by atoms with E-state index in [2.05, 4.69) is 25.2 Å². The molecule has 1 aromatic carbocycles. The van der Waals surface area contributed by atoms with Gasteiger partial charge in [0.05, 0.1) is 0 Å². The van der Waals surface area contributed by atoms with Crippen LogP contribution < -0.4 is 5.32 Å². The summed E-state index contributed by atoms with van der Waals surface area (Å²) in [6.45, 7) is 5.30. The van der Waals surface area contributed by atoms with E-state index in [4.69, 9.17) is 0 Å². The first-order valence-corrected chi connectivity index (χ1v) is 5.43. The average Bonchev–Trinajstić information content (AvgIpc) is 2.24. The average molecular weight is 204 g/mol. The smallest absolute Gasteiger partial charge is 0.233 e. The molecule has 0 saturated carbocycles. The van der Waals surface area contributed by atoms with Crippen molar-refractivity contribution in [2.75, 3.05) is 6.54 Å². The van der Waals surface area contributed by atoms with Gasteiger partial charge < -0.3 is 5.32 Å². The molecule has 0 spiro atoms. The lowest BCUT2D eigenvalue weighted by molar-refractivity contribution is 0.562. The summed E-state index contributed by atoms with van der Waals surface area (Å²) in [5, 5.41) is 3.37. The zero-order valence-corrected chi connectivity index (χ0v) is 9.42. The number of aryl methyl sites for hydroxylation is 1. The third-order valence-corrected chi connectivity index (χ3v) is 2.24. The predicted octanol–water partition coefficient (Wildman–Crippen LogP) is 2.08. The van der Waals surface area contributed by atoms with Crippen molar-refractivity contribution in [2.24, 2.45) is 0 Å². The molecule has 0 unspecified atom stereocenters. The Morgan fingerprint density at radius 3 is 2.87 bits per heavy atom. The number of hydrogen-bond acceptors (Lipinski definition) is 2. The van der Waals surface area contributed by atoms with Crippen LogP contribution in [-0.2, 0) is 11.2 Å². The normalized spacial score (nSPS) is 10.6. The molecule has 0 fully saturated rings. The van der Waals surface area contributed by atoms with Crippen molar-refractivity contribution in [3.05, 3.63) is 35.4 Å². The molecule has 1 radical (unpaired) electrons. The van der Waals surface area contributed by atoms with Crippen LogP contribution in [-0.4, -0.2) is 18.9 Å². The first-order valence-electron chi connectivity index (χ1n) is 5.43. The van der Waals surface area contributed by atoms with Crippen molar-refractivity contribution in [1.82, 2.24) is 5.32 Å². The standard InChI is InChI=1S/C13H18NO/c1-11(2)14-8-4-7-12-5-3-6-13(9-12)10-15/h3,5-6,9,11,14H,4,7-8H2,1-2H3. The van der Waals surface area contributed by atoms with Gasteiger partial charge in [-0.2, -0.15) is 0 Å². The van der Waals surface area contributed by atoms with Crippen LogP contribution in [0.15, 0.2) is 24.3 Å². The topological polar surface area (TPSA) is 29.1 Å². The number of rotatable bonds is 6. The van der Waals surface area contributed by atoms with Crippen LogP contribution in [0.5, 0.6) is 0 Å². The Morgan fingerprint density at radius 2 is 2.20 bits per heavy atom. The monoisotopic (exact) mass is 204 g/mol. The molecule has 0 saturated heterocycles. The maximum absolute atomic E-state index is 10.4. The van der Waals surface area contributed by atoms with E-state index >= 15 is 0 Å². The second-order valence-electron chi connectivity index (χ2n) is 4.01. The van der Waals surface area contributed by atoms with Crippen LogP contribution in [0.2, 0.25) is 0 Å². The van der Waals surface area contributed by atoms with Gasteiger partial charge in [-0.1, -0.05) is 32.0 Å². The van der Waals surface area contributed by atoms with E-state index in [9.17, 15) is 4.79 Å². The van der Waals surface area contributed by atoms with Crippen molar-refractivity contribution in [3.8, 4) is 0 Å². The highest BCUT2D eigenvalue weighted by Crippen LogP contribution is 2.05. The third kappa shape index (κ3) is 4.75. The molecule has 15 heavy (non-hydrogen) atoms. The molecule has 1 rings (SSSR count). The van der Waals surface area contributed by atoms with E-state index in [1.165, 1.54) is 5.56 Å². The highest BCUT2D eigenvalue weighted by atomic mass is 16.1. The maximum atomic E-state index is 10.4. The molecule has 0 heterocycles. The van der Waals surface area contributed by atoms with Crippen LogP contribution >= 0.6 is 0 Å². The number of nitrogens with one attached hydrogen (secondary N) is 1. The summed E-state index contributed by atoms with van der Waals surface area (Å²) in [5.74, 6) is 0. The van der Waals surface area contributed by atoms with Crippen molar-refractivity contribution in [3.63, 3.8) is 0 Å². The van der Waals surface area contributed by atoms with Gasteiger partial charge in [-0.3, -0.25) is 4.79 Å². The van der Waals surface area contributed by atoms with Crippen molar-refractivity contribution in [2.45, 2.75) is 32.7 Å². The van der Waals surface area contributed by atoms with Gasteiger partial charge in [-0.05, 0) is 31.0 Å². The molecule has 0 aliphatic rings. The molecule has 1 N–H and O–H groups in total. The fourth-order valence-electron chi connectivity index (χ4n) is 1.47. The summed E-state index contributed by atoms with van der Waals surface area (Å²) in [5.41, 5.74) is 1.85. The molecule has 0 aliphatic heterocycles. The fourth-order valence-corrected chi connectivity index (χ4v) is 1.47. The van der Waals surface area contributed by atoms with Crippen LogP contribution in [0, 0.1) is 0 Å². The zero-order chi connectivity index (χ0) is 11.1. The molecule has 2 heteroatoms. The van der Waals surface area contributed by atoms with Crippen LogP contribution in [0.3, 0.4) is 0 Å². The molecule has 81 valence electrons. The van der Waals surface area contributed by atoms with Gasteiger partial charge in [-0.25, -0.2) is 0 Å². The minimum absolute atomic E-state index is 0.541. The summed E-state index contributed by atoms with van der Waals surface area (Å²) in [6.07, 6.45) is 4.02. The molecular formula is C13H18NO. The Hall–Kier alpha value is -1.15. The van der Waals surface area contributed by atoms with Gasteiger partial charge in [-0.15, -0.1) is 0 Å². The Balaban J connectivity index is 2.34. The molecule has 1 aromatic rings. The molecule has 0 bridgehead atoms. The number of carbonyl (C=O) groups excluding carboxylic acids is 1. The Kier molecular flexibility index (Phi) is 5.05. The molecule has 0 aromatic heterocycles. The summed E-state index contributed by atoms with van der Waals surface area (Å²) in [4.78, 5) is 10.4. The Labute approximate surface area is 91.7 Å². The molecular weight excluding hydrogens is 186 g/mol. The summed E-state index contributed by atoms with van der Waals surface area (Å²) < 4.78 is 0. The number of benzene rings is 1. The highest BCUT2D eigenvalue weighted by Gasteiger charge is 1.96. The summed E-state index contributed by atoms with van der Waals surface area (Å²) in [7, 11) is 0. The molecule has 0 atom stereocenters. The van der Waals surface area contributed by atoms with E-state index in [0.717, 1.165) is 19.4 Å². The first-order chi connectivity index (χ1) is 7.22. The van der Waals surface area contributed by atoms with E-state index in [1.807, 2.05) is 18.4 Å². The lowest BCUT2D eigenvalue weighted by Crippen LogP contribution is -2.23. The van der Waals surface area contributed by atoms with Gasteiger partial charge in [0.2, 0.25) is 6.29 Å². The van der Waals surface area contributed by atoms with E-state index in [0.29, 0.717) is 11.6 Å². The Bertz CT molecular complexity index is 307. The van der Waals surface area contributed by atoms with E-state index < -0.39 is 0 Å². The minimum atomic E-state index is 0.541. The van der Waals surface area contributed by atoms with E-state index in [1.54, 1.807) is 6.07 Å². The lowest BCUT2D eigenvalue weighted by Gasteiger charge is -2.07. The third-order valence-electron chi connectivity index (χ3n) is 2.24. The van der Waals surface area contributed by atoms with E-state index in [-0.39, 0.29) is 0 Å². The van der Waals surface area contributed by atoms with Gasteiger partial charge in [0.15, 0.2) is 0 Å². The SMILES string of the molecule is CC(C)NCCCc1cccc([C]=O)c1. The lowest BCUT2D eigenvalue weighted by atomic mass is 10.1. The van der Waals surface area contributed by atoms with Crippen LogP contribution in [0.1, 0.15) is 31.4 Å². The first kappa shape index (κ1) is 11.9. The zero-order valence-electron chi connectivity index (χ0n) is 9.42. The predicted molar refractivity (Wildman–Crippen MR) is 62.7 cm³/mol. The van der Waals surface area contributed by atoms with Gasteiger partial charge in [0, 0.05) is 11.6 Å². The fraction of sp³-hybridized carbons (Fsp3) is 0.462. The maximum Gasteiger partial charge on any atom is 0.233 e. The van der Waals surface area contributed by atoms with Crippen LogP contribution in [0.25, 0.3) is 0 Å². The van der Waals surface area contributed by atoms with Crippen molar-refractivity contribution < 1.29 is 4.79 Å². The Morgan fingerprint density at radius 1 is 1.40 bits per heavy atom. The van der Waals surface area contributed by atoms with Gasteiger partial charge >= 0.3 is 0 Å². The molecule has 2 nitrogen and oxygen atoms in total. The van der Waals surface area contributed by atoms with Gasteiger partial charge in [0.25, 0.3) is 0 Å². The number of hydrogen-bond donors (Lipinski definition) is 1. The van der Waals surface area contributed by atoms with Crippen LogP contribution in [0.4, 0.5) is 0 Å². The highest BCUT2D eigenvalue weighted by molar-refractivity contribution is 5.75. The summed E-state index contributed by atoms with van der Waals surface area (Å²) >= 11 is 0. The molecule has 0 aliphatic carbocycles. The minimum Gasteiger partial charge on any atom is -0.315 e. The second-order valence-corrected chi connectivity index (χ2v) is 4.01. The summed E-state index contributed by atoms with van der Waals surface area (Å²) in [6, 6.07) is 8.19. The molecule has 0 amide bonds. The quantitative estimate of drug-likeness (QED) is 0.719.